The molecule has 5 nitrogen and oxygen atoms in total. The first kappa shape index (κ1) is 21.6. The molecule has 1 unspecified atom stereocenters. The number of aliphatic imine (C=N–C) groups is 1. The van der Waals surface area contributed by atoms with Crippen molar-refractivity contribution < 1.29 is 27.4 Å². The van der Waals surface area contributed by atoms with Crippen LogP contribution in [0.5, 0.6) is 5.75 Å². The van der Waals surface area contributed by atoms with Gasteiger partial charge in [-0.25, -0.2) is 9.98 Å². The molecule has 2 aromatic rings. The maximum Gasteiger partial charge on any atom is 0.426 e. The summed E-state index contributed by atoms with van der Waals surface area (Å²) in [6.45, 7) is 4.14. The number of pyridine rings is 1. The van der Waals surface area contributed by atoms with Crippen LogP contribution in [0.2, 0.25) is 0 Å². The number of methoxy groups -OCH3 is 1. The molecule has 28 heavy (non-hydrogen) atoms. The van der Waals surface area contributed by atoms with Gasteiger partial charge in [0.2, 0.25) is 11.5 Å². The number of aryl methyl sites for hydroxylation is 1. The Morgan fingerprint density at radius 2 is 1.96 bits per heavy atom. The van der Waals surface area contributed by atoms with E-state index < -0.39 is 28.9 Å². The van der Waals surface area contributed by atoms with Crippen molar-refractivity contribution >= 4 is 12.0 Å². The van der Waals surface area contributed by atoms with E-state index in [-0.39, 0.29) is 5.75 Å². The number of aromatic nitrogens is 1. The molecule has 1 atom stereocenters. The molecule has 0 radical (unpaired) electrons. The summed E-state index contributed by atoms with van der Waals surface area (Å²) in [4.78, 5) is 9.25. The van der Waals surface area contributed by atoms with Crippen LogP contribution in [0.1, 0.15) is 23.6 Å². The fourth-order valence-electron chi connectivity index (χ4n) is 2.62. The number of rotatable bonds is 6. The van der Waals surface area contributed by atoms with Crippen molar-refractivity contribution in [1.29, 1.82) is 0 Å². The van der Waals surface area contributed by atoms with Crippen LogP contribution in [0.15, 0.2) is 35.5 Å². The maximum absolute atomic E-state index is 14.1. The third-order valence-corrected chi connectivity index (χ3v) is 4.36. The lowest BCUT2D eigenvalue weighted by atomic mass is 9.84. The summed E-state index contributed by atoms with van der Waals surface area (Å²) in [5.74, 6) is -1.70. The standard InChI is InChI=1S/C19H21F4N3O2/c1-5-26(3)11-25-15-10-16(28-4)14(9-12(15)2)18(27,19(21,22)23)13-7-6-8-24-17(13)20/h6-11,27H,5H2,1-4H3. The summed E-state index contributed by atoms with van der Waals surface area (Å²) in [6, 6.07) is 4.33. The number of ether oxygens (including phenoxy) is 1. The fourth-order valence-corrected chi connectivity index (χ4v) is 2.62. The van der Waals surface area contributed by atoms with Gasteiger partial charge < -0.3 is 14.7 Å². The summed E-state index contributed by atoms with van der Waals surface area (Å²) < 4.78 is 61.1. The minimum Gasteiger partial charge on any atom is -0.496 e. The van der Waals surface area contributed by atoms with E-state index in [2.05, 4.69) is 9.98 Å². The van der Waals surface area contributed by atoms with Crippen LogP contribution >= 0.6 is 0 Å². The van der Waals surface area contributed by atoms with Crippen LogP contribution in [0.4, 0.5) is 23.2 Å². The Bertz CT molecular complexity index is 871. The van der Waals surface area contributed by atoms with Gasteiger partial charge >= 0.3 is 6.18 Å². The molecule has 1 aromatic heterocycles. The Labute approximate surface area is 160 Å². The topological polar surface area (TPSA) is 58.0 Å². The highest BCUT2D eigenvalue weighted by Gasteiger charge is 2.59. The molecule has 9 heteroatoms. The summed E-state index contributed by atoms with van der Waals surface area (Å²) in [6.07, 6.45) is -2.71. The lowest BCUT2D eigenvalue weighted by Gasteiger charge is -2.32. The van der Waals surface area contributed by atoms with Crippen LogP contribution in [-0.4, -0.2) is 48.2 Å². The number of hydrogen-bond acceptors (Lipinski definition) is 4. The molecular formula is C19H21F4N3O2. The predicted octanol–water partition coefficient (Wildman–Crippen LogP) is 3.95. The van der Waals surface area contributed by atoms with E-state index >= 15 is 0 Å². The van der Waals surface area contributed by atoms with E-state index in [1.165, 1.54) is 19.3 Å². The Balaban J connectivity index is 2.73. The lowest BCUT2D eigenvalue weighted by Crippen LogP contribution is -2.44. The average Bonchev–Trinajstić information content (AvgIpc) is 2.65. The summed E-state index contributed by atoms with van der Waals surface area (Å²) in [5, 5.41) is 10.7. The highest BCUT2D eigenvalue weighted by atomic mass is 19.4. The summed E-state index contributed by atoms with van der Waals surface area (Å²) in [7, 11) is 2.95. The van der Waals surface area contributed by atoms with Crippen LogP contribution in [0, 0.1) is 12.9 Å². The second-order valence-corrected chi connectivity index (χ2v) is 6.21. The molecule has 1 heterocycles. The van der Waals surface area contributed by atoms with Crippen molar-refractivity contribution in [2.75, 3.05) is 20.7 Å². The van der Waals surface area contributed by atoms with Crippen LogP contribution in [0.3, 0.4) is 0 Å². The van der Waals surface area contributed by atoms with Crippen molar-refractivity contribution in [2.24, 2.45) is 4.99 Å². The number of benzene rings is 1. The van der Waals surface area contributed by atoms with Gasteiger partial charge in [0.1, 0.15) is 5.75 Å². The van der Waals surface area contributed by atoms with E-state index in [0.29, 0.717) is 17.8 Å². The fraction of sp³-hybridized carbons (Fsp3) is 0.368. The predicted molar refractivity (Wildman–Crippen MR) is 97.4 cm³/mol. The number of nitrogens with zero attached hydrogens (tertiary/aromatic N) is 3. The Kier molecular flexibility index (Phi) is 6.28. The minimum absolute atomic E-state index is 0.278. The van der Waals surface area contributed by atoms with E-state index in [9.17, 15) is 22.7 Å². The van der Waals surface area contributed by atoms with Crippen molar-refractivity contribution in [3.05, 3.63) is 53.1 Å². The number of aliphatic hydroxyl groups is 1. The largest absolute Gasteiger partial charge is 0.496 e. The smallest absolute Gasteiger partial charge is 0.426 e. The molecular weight excluding hydrogens is 378 g/mol. The van der Waals surface area contributed by atoms with Gasteiger partial charge in [-0.05, 0) is 37.6 Å². The van der Waals surface area contributed by atoms with E-state index in [1.807, 2.05) is 6.92 Å². The highest BCUT2D eigenvalue weighted by molar-refractivity contribution is 5.66. The van der Waals surface area contributed by atoms with E-state index in [0.717, 1.165) is 31.5 Å². The first-order valence-electron chi connectivity index (χ1n) is 8.39. The Hall–Kier alpha value is -2.68. The molecule has 0 aliphatic carbocycles. The molecule has 0 saturated carbocycles. The first-order valence-corrected chi connectivity index (χ1v) is 8.39. The molecule has 1 aromatic carbocycles. The first-order chi connectivity index (χ1) is 13.1. The van der Waals surface area contributed by atoms with Crippen molar-refractivity contribution in [2.45, 2.75) is 25.6 Å². The van der Waals surface area contributed by atoms with Crippen molar-refractivity contribution in [1.82, 2.24) is 9.88 Å². The third kappa shape index (κ3) is 3.94. The van der Waals surface area contributed by atoms with Gasteiger partial charge in [0.05, 0.1) is 24.7 Å². The molecule has 0 aliphatic rings. The van der Waals surface area contributed by atoms with Gasteiger partial charge in [0, 0.05) is 31.4 Å². The summed E-state index contributed by atoms with van der Waals surface area (Å²) in [5.41, 5.74) is -4.60. The zero-order chi connectivity index (χ0) is 21.1. The second kappa shape index (κ2) is 8.14. The molecule has 0 fully saturated rings. The number of alkyl halides is 3. The van der Waals surface area contributed by atoms with Crippen molar-refractivity contribution in [3.63, 3.8) is 0 Å². The van der Waals surface area contributed by atoms with Crippen LogP contribution in [-0.2, 0) is 5.60 Å². The zero-order valence-corrected chi connectivity index (χ0v) is 15.9. The van der Waals surface area contributed by atoms with Gasteiger partial charge in [0.15, 0.2) is 0 Å². The zero-order valence-electron chi connectivity index (χ0n) is 15.9. The quantitative estimate of drug-likeness (QED) is 0.346. The van der Waals surface area contributed by atoms with Gasteiger partial charge in [-0.1, -0.05) is 0 Å². The second-order valence-electron chi connectivity index (χ2n) is 6.21. The van der Waals surface area contributed by atoms with E-state index in [4.69, 9.17) is 4.74 Å². The van der Waals surface area contributed by atoms with Gasteiger partial charge in [-0.15, -0.1) is 0 Å². The summed E-state index contributed by atoms with van der Waals surface area (Å²) >= 11 is 0. The minimum atomic E-state index is -5.23. The number of hydrogen-bond donors (Lipinski definition) is 1. The average molecular weight is 399 g/mol. The lowest BCUT2D eigenvalue weighted by molar-refractivity contribution is -0.249. The monoisotopic (exact) mass is 399 g/mol. The molecule has 0 aliphatic heterocycles. The molecule has 1 N–H and O–H groups in total. The normalized spacial score (nSPS) is 14.2. The van der Waals surface area contributed by atoms with Crippen molar-refractivity contribution in [3.8, 4) is 5.75 Å². The number of halogens is 4. The molecule has 0 saturated heterocycles. The Morgan fingerprint density at radius 1 is 1.29 bits per heavy atom. The SMILES string of the molecule is CCN(C)C=Nc1cc(OC)c(C(O)(c2cccnc2F)C(F)(F)F)cc1C. The van der Waals surface area contributed by atoms with Crippen LogP contribution in [0.25, 0.3) is 0 Å². The highest BCUT2D eigenvalue weighted by Crippen LogP contribution is 2.49. The van der Waals surface area contributed by atoms with Gasteiger partial charge in [-0.3, -0.25) is 0 Å². The molecule has 0 spiro atoms. The van der Waals surface area contributed by atoms with Gasteiger partial charge in [-0.2, -0.15) is 17.6 Å². The van der Waals surface area contributed by atoms with Gasteiger partial charge in [0.25, 0.3) is 0 Å². The molecule has 0 amide bonds. The molecule has 152 valence electrons. The van der Waals surface area contributed by atoms with Crippen LogP contribution < -0.4 is 4.74 Å². The molecule has 0 bridgehead atoms. The van der Waals surface area contributed by atoms with E-state index in [1.54, 1.807) is 11.9 Å². The third-order valence-electron chi connectivity index (χ3n) is 4.36. The molecule has 2 rings (SSSR count). The Morgan fingerprint density at radius 3 is 2.50 bits per heavy atom. The maximum atomic E-state index is 14.1.